The van der Waals surface area contributed by atoms with Crippen molar-refractivity contribution in [2.24, 2.45) is 5.10 Å². The number of halogens is 1. The number of hydrogen-bond acceptors (Lipinski definition) is 4. The van der Waals surface area contributed by atoms with Crippen LogP contribution in [0.4, 0.5) is 0 Å². The Labute approximate surface area is 290 Å². The van der Waals surface area contributed by atoms with E-state index in [0.717, 1.165) is 20.4 Å². The summed E-state index contributed by atoms with van der Waals surface area (Å²) < 4.78 is 27.7. The lowest BCUT2D eigenvalue weighted by molar-refractivity contribution is 0.106. The fourth-order valence-corrected chi connectivity index (χ4v) is 11.4. The van der Waals surface area contributed by atoms with Crippen molar-refractivity contribution in [1.29, 1.82) is 0 Å². The molecule has 0 aromatic heterocycles. The van der Waals surface area contributed by atoms with Crippen molar-refractivity contribution >= 4 is 65.5 Å². The third-order valence-electron chi connectivity index (χ3n) is 8.00. The minimum absolute atomic E-state index is 0.0721. The summed E-state index contributed by atoms with van der Waals surface area (Å²) in [5.41, 5.74) is 1.64. The van der Waals surface area contributed by atoms with Gasteiger partial charge < -0.3 is 0 Å². The van der Waals surface area contributed by atoms with Crippen LogP contribution in [0.15, 0.2) is 190 Å². The van der Waals surface area contributed by atoms with Gasteiger partial charge in [-0.05, 0) is 64.8 Å². The second kappa shape index (κ2) is 15.0. The third kappa shape index (κ3) is 7.04. The largest absolute Gasteiger partial charge is 0.289 e. The predicted octanol–water partition coefficient (Wildman–Crippen LogP) is 7.57. The molecule has 0 saturated carbocycles. The molecule has 8 heteroatoms. The van der Waals surface area contributed by atoms with Crippen LogP contribution in [0, 0.1) is 0 Å². The summed E-state index contributed by atoms with van der Waals surface area (Å²) in [7, 11) is -4.00. The molecule has 0 bridgehead atoms. The zero-order chi connectivity index (χ0) is 33.4. The minimum atomic E-state index is -4.00. The van der Waals surface area contributed by atoms with E-state index in [9.17, 15) is 8.42 Å². The average Bonchev–Trinajstić information content (AvgIpc) is 3.15. The van der Waals surface area contributed by atoms with Gasteiger partial charge in [0.25, 0.3) is 10.0 Å². The third-order valence-corrected chi connectivity index (χ3v) is 14.1. The normalized spacial score (nSPS) is 11.9. The number of rotatable bonds is 11. The molecular weight excluding hydrogens is 699 g/mol. The maximum Gasteiger partial charge on any atom is 0.276 e. The van der Waals surface area contributed by atoms with Crippen LogP contribution in [0.2, 0.25) is 0 Å². The Morgan fingerprint density at radius 2 is 0.979 bits per heavy atom. The lowest BCUT2D eigenvalue weighted by atomic mass is 10.0. The van der Waals surface area contributed by atoms with Gasteiger partial charge in [-0.2, -0.15) is 18.4 Å². The molecule has 48 heavy (non-hydrogen) atoms. The number of benzene rings is 6. The van der Waals surface area contributed by atoms with E-state index in [1.165, 1.54) is 12.1 Å². The van der Waals surface area contributed by atoms with Crippen LogP contribution in [0.1, 0.15) is 22.3 Å². The highest BCUT2D eigenvalue weighted by molar-refractivity contribution is 9.10. The van der Waals surface area contributed by atoms with Crippen LogP contribution >= 0.6 is 22.8 Å². The van der Waals surface area contributed by atoms with Crippen LogP contribution in [0.3, 0.4) is 0 Å². The predicted molar refractivity (Wildman–Crippen MR) is 203 cm³/mol. The molecule has 1 N–H and O–H groups in total. The maximum absolute atomic E-state index is 15.2. The van der Waals surface area contributed by atoms with E-state index in [4.69, 9.17) is 0 Å². The maximum atomic E-state index is 15.2. The molecule has 0 aliphatic heterocycles. The van der Waals surface area contributed by atoms with Crippen LogP contribution < -0.4 is 20.7 Å². The molecule has 0 amide bonds. The number of carbonyl (C=O) groups is 1. The van der Waals surface area contributed by atoms with Crippen molar-refractivity contribution in [1.82, 2.24) is 4.83 Å². The van der Waals surface area contributed by atoms with Gasteiger partial charge in [0, 0.05) is 21.8 Å². The van der Waals surface area contributed by atoms with E-state index in [1.807, 2.05) is 109 Å². The summed E-state index contributed by atoms with van der Waals surface area (Å²) in [5, 5.41) is 8.20. The first-order valence-corrected chi connectivity index (χ1v) is 19.4. The van der Waals surface area contributed by atoms with Crippen molar-refractivity contribution in [3.63, 3.8) is 0 Å². The van der Waals surface area contributed by atoms with Gasteiger partial charge >= 0.3 is 0 Å². The van der Waals surface area contributed by atoms with Gasteiger partial charge in [0.1, 0.15) is 0 Å². The van der Waals surface area contributed by atoms with Crippen molar-refractivity contribution in [3.8, 4) is 0 Å². The van der Waals surface area contributed by atoms with E-state index >= 15 is 4.79 Å². The minimum Gasteiger partial charge on any atom is -0.289 e. The second-order valence-electron chi connectivity index (χ2n) is 11.0. The van der Waals surface area contributed by atoms with Gasteiger partial charge in [-0.25, -0.2) is 0 Å². The molecule has 238 valence electrons. The number of Topliss-reactive ketones (excluding diaryl/α,β-unsaturated/α-hetero) is 1. The summed E-state index contributed by atoms with van der Waals surface area (Å²) in [6.45, 7) is -2.90. The first-order chi connectivity index (χ1) is 23.4. The number of hydrogen-bond donors (Lipinski definition) is 1. The first kappa shape index (κ1) is 33.1. The Hall–Kier alpha value is -4.81. The summed E-state index contributed by atoms with van der Waals surface area (Å²) in [6.07, 6.45) is 0.0721. The number of ketones is 1. The zero-order valence-corrected chi connectivity index (χ0v) is 29.2. The monoisotopic (exact) mass is 730 g/mol. The lowest BCUT2D eigenvalue weighted by Crippen LogP contribution is -2.35. The van der Waals surface area contributed by atoms with Crippen molar-refractivity contribution in [3.05, 3.63) is 192 Å². The van der Waals surface area contributed by atoms with Crippen LogP contribution in [0.5, 0.6) is 0 Å². The van der Waals surface area contributed by atoms with E-state index in [-0.39, 0.29) is 17.1 Å². The molecule has 0 atom stereocenters. The molecule has 0 aliphatic carbocycles. The fraction of sp³-hybridized carbons (Fsp3) is 0.0250. The van der Waals surface area contributed by atoms with Gasteiger partial charge in [0.2, 0.25) is 0 Å². The first-order valence-electron chi connectivity index (χ1n) is 15.3. The summed E-state index contributed by atoms with van der Waals surface area (Å²) in [6, 6.07) is 55.3. The molecular formula is C40H32BrN2O3PS. The molecule has 6 aromatic rings. The Balaban J connectivity index is 1.71. The highest BCUT2D eigenvalue weighted by Gasteiger charge is 2.34. The van der Waals surface area contributed by atoms with E-state index in [2.05, 4.69) is 62.3 Å². The highest BCUT2D eigenvalue weighted by atomic mass is 79.9. The molecule has 0 fully saturated rings. The SMILES string of the molecule is O=C(C(C/C(=N/NS(=O)(=O)c1ccccc1)c1ccccc1)=P(c1ccccc1)(c1ccccc1)c1ccccc1)c1ccc(Br)cc1. The second-order valence-corrected chi connectivity index (χ2v) is 17.0. The highest BCUT2D eigenvalue weighted by Crippen LogP contribution is 2.48. The molecule has 0 unspecified atom stereocenters. The van der Waals surface area contributed by atoms with Crippen LogP contribution in [0.25, 0.3) is 0 Å². The van der Waals surface area contributed by atoms with E-state index in [1.54, 1.807) is 18.2 Å². The quantitative estimate of drug-likeness (QED) is 0.0647. The van der Waals surface area contributed by atoms with E-state index < -0.39 is 16.9 Å². The lowest BCUT2D eigenvalue weighted by Gasteiger charge is -2.33. The fourth-order valence-electron chi connectivity index (χ4n) is 5.75. The number of nitrogens with zero attached hydrogens (tertiary/aromatic N) is 1. The Morgan fingerprint density at radius 1 is 0.562 bits per heavy atom. The molecule has 0 heterocycles. The number of hydrazone groups is 1. The standard InChI is InChI=1S/C40H32BrN2O3PS/c41-33-28-26-32(27-29-33)40(44)39(30-38(31-16-6-1-7-17-31)42-43-48(45,46)37-24-14-5-15-25-37)47(34-18-8-2-9-19-34,35-20-10-3-11-21-35)36-22-12-4-13-23-36/h1-29,43H,30H2/b42-38-. The topological polar surface area (TPSA) is 75.6 Å². The number of carbonyl (C=O) groups excluding carboxylic acids is 1. The average molecular weight is 732 g/mol. The number of sulfonamides is 1. The summed E-state index contributed by atoms with van der Waals surface area (Å²) in [4.78, 5) is 17.8. The van der Waals surface area contributed by atoms with Crippen molar-refractivity contribution < 1.29 is 13.2 Å². The van der Waals surface area contributed by atoms with Gasteiger partial charge in [0.15, 0.2) is 5.78 Å². The summed E-state index contributed by atoms with van der Waals surface area (Å²) in [5.74, 6) is -0.137. The molecule has 0 radical (unpaired) electrons. The smallest absolute Gasteiger partial charge is 0.276 e. The zero-order valence-electron chi connectivity index (χ0n) is 25.9. The molecule has 6 aromatic carbocycles. The Bertz CT molecular complexity index is 2090. The van der Waals surface area contributed by atoms with Crippen LogP contribution in [-0.2, 0) is 10.0 Å². The molecule has 6 rings (SSSR count). The van der Waals surface area contributed by atoms with Crippen molar-refractivity contribution in [2.75, 3.05) is 0 Å². The molecule has 0 saturated heterocycles. The Morgan fingerprint density at radius 3 is 1.44 bits per heavy atom. The van der Waals surface area contributed by atoms with Crippen molar-refractivity contribution in [2.45, 2.75) is 11.3 Å². The summed E-state index contributed by atoms with van der Waals surface area (Å²) >= 11 is 3.52. The Kier molecular flexibility index (Phi) is 10.3. The van der Waals surface area contributed by atoms with E-state index in [0.29, 0.717) is 22.1 Å². The molecule has 0 spiro atoms. The van der Waals surface area contributed by atoms with Gasteiger partial charge in [0.05, 0.1) is 10.6 Å². The number of nitrogens with one attached hydrogen (secondary N) is 1. The van der Waals surface area contributed by atoms with Crippen LogP contribution in [-0.4, -0.2) is 25.2 Å². The van der Waals surface area contributed by atoms with Gasteiger partial charge in [-0.3, -0.25) is 4.79 Å². The molecule has 0 aliphatic rings. The van der Waals surface area contributed by atoms with Gasteiger partial charge in [-0.1, -0.05) is 155 Å². The molecule has 5 nitrogen and oxygen atoms in total. The van der Waals surface area contributed by atoms with Gasteiger partial charge in [-0.15, -0.1) is 0 Å².